The van der Waals surface area contributed by atoms with Crippen LogP contribution in [0, 0.1) is 10.1 Å². The highest BCUT2D eigenvalue weighted by atomic mass is 32.2. The van der Waals surface area contributed by atoms with E-state index in [0.717, 1.165) is 15.9 Å². The Balaban J connectivity index is 1.50. The number of nitro benzene ring substituents is 1. The van der Waals surface area contributed by atoms with E-state index in [-0.39, 0.29) is 16.4 Å². The first kappa shape index (κ1) is 30.5. The highest BCUT2D eigenvalue weighted by Crippen LogP contribution is 2.41. The summed E-state index contributed by atoms with van der Waals surface area (Å²) in [5.41, 5.74) is -1.21. The molecular formula is C27H20F3N3O7S2. The normalized spacial score (nSPS) is 14.3. The largest absolute Gasteiger partial charge is 0.493 e. The van der Waals surface area contributed by atoms with E-state index in [0.29, 0.717) is 35.1 Å². The molecule has 15 heteroatoms. The van der Waals surface area contributed by atoms with E-state index in [1.165, 1.54) is 43.1 Å². The fourth-order valence-corrected chi connectivity index (χ4v) is 5.03. The van der Waals surface area contributed by atoms with Crippen molar-refractivity contribution in [2.24, 2.45) is 0 Å². The number of nitro groups is 1. The Hall–Kier alpha value is -4.50. The molecule has 0 spiro atoms. The number of methoxy groups -OCH3 is 1. The van der Waals surface area contributed by atoms with E-state index < -0.39 is 51.7 Å². The van der Waals surface area contributed by atoms with E-state index >= 15 is 0 Å². The maximum Gasteiger partial charge on any atom is 0.416 e. The summed E-state index contributed by atoms with van der Waals surface area (Å²) in [7, 11) is 1.27. The Morgan fingerprint density at radius 2 is 1.83 bits per heavy atom. The Bertz CT molecular complexity index is 1610. The Kier molecular flexibility index (Phi) is 9.11. The summed E-state index contributed by atoms with van der Waals surface area (Å²) < 4.78 is 49.8. The summed E-state index contributed by atoms with van der Waals surface area (Å²) in [5.74, 6) is -1.69. The van der Waals surface area contributed by atoms with Crippen LogP contribution in [0.4, 0.5) is 29.3 Å². The summed E-state index contributed by atoms with van der Waals surface area (Å²) in [4.78, 5) is 50.1. The van der Waals surface area contributed by atoms with Crippen LogP contribution in [0.5, 0.6) is 17.2 Å². The fraction of sp³-hybridized carbons (Fsp3) is 0.148. The quantitative estimate of drug-likeness (QED) is 0.119. The molecule has 0 saturated carbocycles. The van der Waals surface area contributed by atoms with Gasteiger partial charge < -0.3 is 14.8 Å². The van der Waals surface area contributed by atoms with Gasteiger partial charge in [0.05, 0.1) is 22.5 Å². The molecule has 3 aromatic rings. The molecule has 1 aliphatic heterocycles. The van der Waals surface area contributed by atoms with Crippen molar-refractivity contribution in [2.75, 3.05) is 25.2 Å². The van der Waals surface area contributed by atoms with Gasteiger partial charge in [-0.25, -0.2) is 0 Å². The number of hydrogen-bond donors (Lipinski definition) is 1. The van der Waals surface area contributed by atoms with Gasteiger partial charge in [0.2, 0.25) is 11.7 Å². The summed E-state index contributed by atoms with van der Waals surface area (Å²) >= 11 is 2.13. The lowest BCUT2D eigenvalue weighted by atomic mass is 10.1. The second kappa shape index (κ2) is 12.6. The molecule has 10 nitrogen and oxygen atoms in total. The summed E-state index contributed by atoms with van der Waals surface area (Å²) in [6.07, 6.45) is -1.51. The zero-order valence-electron chi connectivity index (χ0n) is 21.8. The molecule has 0 aliphatic carbocycles. The molecule has 0 atom stereocenters. The molecule has 1 N–H and O–H groups in total. The molecule has 3 amide bonds. The number of rotatable bonds is 9. The van der Waals surface area contributed by atoms with Crippen molar-refractivity contribution >= 4 is 58.0 Å². The number of amides is 3. The standard InChI is InChI=1S/C27H20F3N3O7S2/c1-39-22-10-15(6-8-21(22)40-20-9-7-16(27(28,29)30)12-19(20)33(37)38)11-23-25(35)32(26(36)42-23)14-24(34)31-17-4-3-5-18(13-17)41-2/h3-13H,14H2,1-2H3,(H,31,34)/b23-11+. The predicted molar refractivity (Wildman–Crippen MR) is 151 cm³/mol. The van der Waals surface area contributed by atoms with Gasteiger partial charge in [-0.05, 0) is 72.1 Å². The molecule has 0 unspecified atom stereocenters. The number of nitrogens with one attached hydrogen (secondary N) is 1. The topological polar surface area (TPSA) is 128 Å². The van der Waals surface area contributed by atoms with Crippen molar-refractivity contribution in [3.63, 3.8) is 0 Å². The smallest absolute Gasteiger partial charge is 0.416 e. The number of carbonyl (C=O) groups excluding carboxylic acids is 3. The SMILES string of the molecule is COc1cc(/C=C2/SC(=O)N(CC(=O)Nc3cccc(SC)c3)C2=O)ccc1Oc1ccc(C(F)(F)F)cc1[N+](=O)[O-]. The second-order valence-electron chi connectivity index (χ2n) is 8.50. The average Bonchev–Trinajstić information content (AvgIpc) is 3.20. The summed E-state index contributed by atoms with van der Waals surface area (Å²) in [6.45, 7) is -0.493. The maximum atomic E-state index is 13.0. The lowest BCUT2D eigenvalue weighted by Crippen LogP contribution is -2.36. The van der Waals surface area contributed by atoms with Crippen LogP contribution in [0.3, 0.4) is 0 Å². The first-order valence-electron chi connectivity index (χ1n) is 11.8. The number of halogens is 3. The monoisotopic (exact) mass is 619 g/mol. The van der Waals surface area contributed by atoms with Gasteiger partial charge in [0.25, 0.3) is 11.1 Å². The van der Waals surface area contributed by atoms with E-state index in [2.05, 4.69) is 5.32 Å². The van der Waals surface area contributed by atoms with Crippen LogP contribution in [-0.4, -0.2) is 46.8 Å². The number of alkyl halides is 3. The molecular weight excluding hydrogens is 599 g/mol. The van der Waals surface area contributed by atoms with Crippen LogP contribution >= 0.6 is 23.5 Å². The average molecular weight is 620 g/mol. The first-order valence-corrected chi connectivity index (χ1v) is 13.8. The summed E-state index contributed by atoms with van der Waals surface area (Å²) in [5, 5.41) is 13.4. The van der Waals surface area contributed by atoms with Gasteiger partial charge >= 0.3 is 11.9 Å². The fourth-order valence-electron chi connectivity index (χ4n) is 3.73. The molecule has 42 heavy (non-hydrogen) atoms. The molecule has 1 fully saturated rings. The van der Waals surface area contributed by atoms with Crippen LogP contribution in [0.15, 0.2) is 70.5 Å². The molecule has 0 bridgehead atoms. The van der Waals surface area contributed by atoms with Gasteiger partial charge in [0.1, 0.15) is 6.54 Å². The Morgan fingerprint density at radius 1 is 1.10 bits per heavy atom. The lowest BCUT2D eigenvalue weighted by molar-refractivity contribution is -0.385. The van der Waals surface area contributed by atoms with Crippen molar-refractivity contribution in [3.05, 3.63) is 86.8 Å². The zero-order chi connectivity index (χ0) is 30.6. The third-order valence-electron chi connectivity index (χ3n) is 5.72. The van der Waals surface area contributed by atoms with Gasteiger partial charge in [0, 0.05) is 16.6 Å². The van der Waals surface area contributed by atoms with Gasteiger partial charge in [-0.1, -0.05) is 12.1 Å². The molecule has 1 aliphatic rings. The number of benzene rings is 3. The van der Waals surface area contributed by atoms with Crippen molar-refractivity contribution in [3.8, 4) is 17.2 Å². The van der Waals surface area contributed by atoms with Crippen LogP contribution in [0.2, 0.25) is 0 Å². The number of anilines is 1. The number of carbonyl (C=O) groups is 3. The minimum absolute atomic E-state index is 0.0336. The van der Waals surface area contributed by atoms with Crippen LogP contribution < -0.4 is 14.8 Å². The van der Waals surface area contributed by atoms with Gasteiger partial charge in [-0.15, -0.1) is 11.8 Å². The van der Waals surface area contributed by atoms with Gasteiger partial charge in [-0.3, -0.25) is 29.4 Å². The van der Waals surface area contributed by atoms with Crippen molar-refractivity contribution in [2.45, 2.75) is 11.1 Å². The van der Waals surface area contributed by atoms with Gasteiger partial charge in [-0.2, -0.15) is 13.2 Å². The van der Waals surface area contributed by atoms with E-state index in [9.17, 15) is 37.7 Å². The Labute approximate surface area is 245 Å². The molecule has 3 aromatic carbocycles. The first-order chi connectivity index (χ1) is 19.9. The summed E-state index contributed by atoms with van der Waals surface area (Å²) in [6, 6.07) is 13.1. The highest BCUT2D eigenvalue weighted by Gasteiger charge is 2.36. The molecule has 218 valence electrons. The predicted octanol–water partition coefficient (Wildman–Crippen LogP) is 6.81. The molecule has 0 radical (unpaired) electrons. The number of thioether (sulfide) groups is 2. The zero-order valence-corrected chi connectivity index (χ0v) is 23.4. The number of imide groups is 1. The third kappa shape index (κ3) is 7.03. The number of hydrogen-bond acceptors (Lipinski definition) is 9. The minimum Gasteiger partial charge on any atom is -0.493 e. The minimum atomic E-state index is -4.79. The van der Waals surface area contributed by atoms with E-state index in [1.54, 1.807) is 18.2 Å². The Morgan fingerprint density at radius 3 is 2.50 bits per heavy atom. The molecule has 0 aromatic heterocycles. The molecule has 1 saturated heterocycles. The van der Waals surface area contributed by atoms with Crippen molar-refractivity contribution in [1.82, 2.24) is 4.90 Å². The van der Waals surface area contributed by atoms with E-state index in [1.807, 2.05) is 12.3 Å². The van der Waals surface area contributed by atoms with E-state index in [4.69, 9.17) is 9.47 Å². The number of ether oxygens (including phenoxy) is 2. The maximum absolute atomic E-state index is 13.0. The third-order valence-corrected chi connectivity index (χ3v) is 7.35. The lowest BCUT2D eigenvalue weighted by Gasteiger charge is -2.13. The van der Waals surface area contributed by atoms with Crippen LogP contribution in [0.25, 0.3) is 6.08 Å². The van der Waals surface area contributed by atoms with Crippen molar-refractivity contribution < 1.29 is 42.0 Å². The van der Waals surface area contributed by atoms with Crippen LogP contribution in [-0.2, 0) is 15.8 Å². The van der Waals surface area contributed by atoms with Crippen LogP contribution in [0.1, 0.15) is 11.1 Å². The molecule has 4 rings (SSSR count). The molecule has 1 heterocycles. The second-order valence-corrected chi connectivity index (χ2v) is 10.4. The van der Waals surface area contributed by atoms with Crippen molar-refractivity contribution in [1.29, 1.82) is 0 Å². The number of nitrogens with zero attached hydrogens (tertiary/aromatic N) is 2. The highest BCUT2D eigenvalue weighted by molar-refractivity contribution is 8.18. The van der Waals surface area contributed by atoms with Gasteiger partial charge in [0.15, 0.2) is 11.5 Å².